The first-order valence-corrected chi connectivity index (χ1v) is 10.4. The van der Waals surface area contributed by atoms with Crippen LogP contribution in [0.3, 0.4) is 0 Å². The van der Waals surface area contributed by atoms with Gasteiger partial charge in [0.25, 0.3) is 0 Å². The molecule has 1 aromatic carbocycles. The third kappa shape index (κ3) is 3.24. The van der Waals surface area contributed by atoms with E-state index in [-0.39, 0.29) is 17.1 Å². The van der Waals surface area contributed by atoms with E-state index in [0.29, 0.717) is 18.3 Å². The molecule has 1 amide bonds. The second-order valence-corrected chi connectivity index (χ2v) is 9.71. The van der Waals surface area contributed by atoms with Gasteiger partial charge in [-0.05, 0) is 80.0 Å². The summed E-state index contributed by atoms with van der Waals surface area (Å²) < 4.78 is 13.1. The van der Waals surface area contributed by atoms with Gasteiger partial charge >= 0.3 is 0 Å². The number of anilines is 1. The number of hydrogen-bond donors (Lipinski definition) is 1. The second kappa shape index (κ2) is 6.20. The second-order valence-electron chi connectivity index (χ2n) is 9.71. The molecule has 4 aliphatic carbocycles. The van der Waals surface area contributed by atoms with Gasteiger partial charge in [-0.3, -0.25) is 4.79 Å². The maximum Gasteiger partial charge on any atom is 0.223 e. The largest absolute Gasteiger partial charge is 0.390 e. The first-order chi connectivity index (χ1) is 12.9. The van der Waals surface area contributed by atoms with Gasteiger partial charge < -0.3 is 14.9 Å². The fourth-order valence-corrected chi connectivity index (χ4v) is 6.91. The molecule has 1 aliphatic heterocycles. The van der Waals surface area contributed by atoms with E-state index in [4.69, 9.17) is 0 Å². The van der Waals surface area contributed by atoms with Crippen LogP contribution < -0.4 is 4.90 Å². The molecule has 2 atom stereocenters. The number of hydrogen-bond acceptors (Lipinski definition) is 3. The summed E-state index contributed by atoms with van der Waals surface area (Å²) in [6.45, 7) is 3.03. The fourth-order valence-electron chi connectivity index (χ4n) is 6.91. The van der Waals surface area contributed by atoms with Crippen LogP contribution in [0.1, 0.15) is 44.9 Å². The van der Waals surface area contributed by atoms with Crippen LogP contribution in [-0.4, -0.2) is 47.7 Å². The van der Waals surface area contributed by atoms with E-state index >= 15 is 0 Å². The van der Waals surface area contributed by atoms with E-state index in [9.17, 15) is 14.3 Å². The fraction of sp³-hybridized carbons (Fsp3) is 0.682. The number of piperazine rings is 1. The van der Waals surface area contributed by atoms with Crippen LogP contribution in [0.15, 0.2) is 24.3 Å². The van der Waals surface area contributed by atoms with Crippen LogP contribution in [0.4, 0.5) is 10.1 Å². The topological polar surface area (TPSA) is 43.8 Å². The minimum absolute atomic E-state index is 0.0456. The Kier molecular flexibility index (Phi) is 4.01. The number of nitrogens with zero attached hydrogens (tertiary/aromatic N) is 2. The third-order valence-electron chi connectivity index (χ3n) is 7.50. The molecular formula is C22H29FN2O2. The van der Waals surface area contributed by atoms with Crippen molar-refractivity contribution in [2.75, 3.05) is 31.1 Å². The van der Waals surface area contributed by atoms with Crippen molar-refractivity contribution in [2.24, 2.45) is 17.3 Å². The minimum Gasteiger partial charge on any atom is -0.390 e. The Morgan fingerprint density at radius 2 is 1.67 bits per heavy atom. The van der Waals surface area contributed by atoms with E-state index in [1.54, 1.807) is 0 Å². The molecule has 0 unspecified atom stereocenters. The summed E-state index contributed by atoms with van der Waals surface area (Å²) in [6, 6.07) is 6.60. The highest BCUT2D eigenvalue weighted by molar-refractivity contribution is 5.77. The van der Waals surface area contributed by atoms with Crippen molar-refractivity contribution in [3.8, 4) is 0 Å². The smallest absolute Gasteiger partial charge is 0.223 e. The predicted octanol–water partition coefficient (Wildman–Crippen LogP) is 3.20. The minimum atomic E-state index is -0.494. The molecule has 6 rings (SSSR count). The van der Waals surface area contributed by atoms with Crippen LogP contribution >= 0.6 is 0 Å². The third-order valence-corrected chi connectivity index (χ3v) is 7.50. The van der Waals surface area contributed by atoms with Gasteiger partial charge in [0.1, 0.15) is 5.82 Å². The standard InChI is InChI=1S/C22H29FN2O2/c23-18-1-3-19(4-2-18)24-5-7-25(8-6-24)20(26)14-21-10-16-9-17(11-21)13-22(27,12-16)15-21/h1-4,16-17,27H,5-15H2/t16-,17-,21?,22?/m1/s1. The summed E-state index contributed by atoms with van der Waals surface area (Å²) in [6.07, 6.45) is 6.87. The Balaban J connectivity index is 1.21. The maximum absolute atomic E-state index is 13.1. The zero-order chi connectivity index (χ0) is 18.6. The van der Waals surface area contributed by atoms with Gasteiger partial charge in [-0.25, -0.2) is 4.39 Å². The highest BCUT2D eigenvalue weighted by Crippen LogP contribution is 2.62. The van der Waals surface area contributed by atoms with Crippen LogP contribution in [0.25, 0.3) is 0 Å². The van der Waals surface area contributed by atoms with Crippen molar-refractivity contribution in [1.82, 2.24) is 4.90 Å². The first-order valence-electron chi connectivity index (χ1n) is 10.4. The average molecular weight is 372 g/mol. The van der Waals surface area contributed by atoms with E-state index in [0.717, 1.165) is 64.0 Å². The Morgan fingerprint density at radius 1 is 1.04 bits per heavy atom. The SMILES string of the molecule is O=C(CC12C[C@H]3C[C@@H](CC(O)(C3)C1)C2)N1CCN(c2ccc(F)cc2)CC1. The van der Waals surface area contributed by atoms with E-state index in [1.165, 1.54) is 18.6 Å². The molecule has 5 fully saturated rings. The Bertz CT molecular complexity index is 712. The molecule has 1 aromatic rings. The van der Waals surface area contributed by atoms with Gasteiger partial charge in [-0.15, -0.1) is 0 Å². The Hall–Kier alpha value is -1.62. The van der Waals surface area contributed by atoms with Crippen LogP contribution in [0.2, 0.25) is 0 Å². The predicted molar refractivity (Wildman–Crippen MR) is 102 cm³/mol. The van der Waals surface area contributed by atoms with Crippen molar-refractivity contribution in [2.45, 2.75) is 50.5 Å². The number of amides is 1. The van der Waals surface area contributed by atoms with Gasteiger partial charge in [0.05, 0.1) is 5.60 Å². The van der Waals surface area contributed by atoms with Crippen molar-refractivity contribution in [1.29, 1.82) is 0 Å². The highest BCUT2D eigenvalue weighted by Gasteiger charge is 2.57. The van der Waals surface area contributed by atoms with Crippen molar-refractivity contribution >= 4 is 11.6 Å². The van der Waals surface area contributed by atoms with Gasteiger partial charge in [0.15, 0.2) is 0 Å². The zero-order valence-electron chi connectivity index (χ0n) is 15.9. The molecule has 4 saturated carbocycles. The molecule has 5 aliphatic rings. The average Bonchev–Trinajstić information content (AvgIpc) is 2.60. The van der Waals surface area contributed by atoms with E-state index in [2.05, 4.69) is 4.90 Å². The molecule has 5 heteroatoms. The molecule has 4 nitrogen and oxygen atoms in total. The number of rotatable bonds is 3. The molecule has 0 spiro atoms. The van der Waals surface area contributed by atoms with Crippen molar-refractivity contribution in [3.05, 3.63) is 30.1 Å². The molecule has 1 heterocycles. The molecule has 0 aromatic heterocycles. The van der Waals surface area contributed by atoms with Crippen molar-refractivity contribution in [3.63, 3.8) is 0 Å². The lowest BCUT2D eigenvalue weighted by atomic mass is 9.47. The highest BCUT2D eigenvalue weighted by atomic mass is 19.1. The molecule has 4 bridgehead atoms. The lowest BCUT2D eigenvalue weighted by Crippen LogP contribution is -2.57. The summed E-state index contributed by atoms with van der Waals surface area (Å²) in [7, 11) is 0. The summed E-state index contributed by atoms with van der Waals surface area (Å²) in [4.78, 5) is 17.3. The lowest BCUT2D eigenvalue weighted by Gasteiger charge is -2.60. The van der Waals surface area contributed by atoms with E-state index in [1.807, 2.05) is 17.0 Å². The van der Waals surface area contributed by atoms with Gasteiger partial charge in [0.2, 0.25) is 5.91 Å². The van der Waals surface area contributed by atoms with Crippen LogP contribution in [0, 0.1) is 23.1 Å². The van der Waals surface area contributed by atoms with Crippen LogP contribution in [-0.2, 0) is 4.79 Å². The summed E-state index contributed by atoms with van der Waals surface area (Å²) >= 11 is 0. The lowest BCUT2D eigenvalue weighted by molar-refractivity contribution is -0.172. The Morgan fingerprint density at radius 3 is 2.26 bits per heavy atom. The molecule has 146 valence electrons. The summed E-state index contributed by atoms with van der Waals surface area (Å²) in [5.41, 5.74) is 0.571. The molecule has 0 radical (unpaired) electrons. The number of aliphatic hydroxyl groups is 1. The number of carbonyl (C=O) groups is 1. The van der Waals surface area contributed by atoms with Crippen molar-refractivity contribution < 1.29 is 14.3 Å². The number of benzene rings is 1. The summed E-state index contributed by atoms with van der Waals surface area (Å²) in [5, 5.41) is 10.9. The molecule has 1 saturated heterocycles. The van der Waals surface area contributed by atoms with E-state index < -0.39 is 5.60 Å². The van der Waals surface area contributed by atoms with Crippen LogP contribution in [0.5, 0.6) is 0 Å². The molecular weight excluding hydrogens is 343 g/mol. The Labute approximate surface area is 160 Å². The molecule has 27 heavy (non-hydrogen) atoms. The normalized spacial score (nSPS) is 37.7. The quantitative estimate of drug-likeness (QED) is 0.886. The maximum atomic E-state index is 13.1. The zero-order valence-corrected chi connectivity index (χ0v) is 15.9. The number of halogens is 1. The van der Waals surface area contributed by atoms with Gasteiger partial charge in [-0.1, -0.05) is 0 Å². The molecule has 1 N–H and O–H groups in total. The monoisotopic (exact) mass is 372 g/mol. The van der Waals surface area contributed by atoms with Gasteiger partial charge in [-0.2, -0.15) is 0 Å². The first kappa shape index (κ1) is 17.5. The number of carbonyl (C=O) groups excluding carboxylic acids is 1. The van der Waals surface area contributed by atoms with Gasteiger partial charge in [0, 0.05) is 38.3 Å². The summed E-state index contributed by atoms with van der Waals surface area (Å²) in [5.74, 6) is 1.29.